The zero-order valence-corrected chi connectivity index (χ0v) is 13.5. The van der Waals surface area contributed by atoms with Crippen LogP contribution in [0.3, 0.4) is 0 Å². The number of hydrogen-bond acceptors (Lipinski definition) is 1. The van der Waals surface area contributed by atoms with E-state index in [9.17, 15) is 0 Å². The van der Waals surface area contributed by atoms with Crippen molar-refractivity contribution in [2.24, 2.45) is 11.8 Å². The van der Waals surface area contributed by atoms with Crippen molar-refractivity contribution in [2.75, 3.05) is 0 Å². The molecule has 2 rings (SSSR count). The average Bonchev–Trinajstić information content (AvgIpc) is 2.69. The van der Waals surface area contributed by atoms with E-state index in [0.717, 1.165) is 16.2 Å². The summed E-state index contributed by atoms with van der Waals surface area (Å²) in [7, 11) is 0. The Bertz CT molecular complexity index is 350. The molecule has 0 aromatic carbocycles. The minimum absolute atomic E-state index is 0.705. The molecule has 0 N–H and O–H groups in total. The van der Waals surface area contributed by atoms with Gasteiger partial charge >= 0.3 is 0 Å². The number of hydrogen-bond donors (Lipinski definition) is 0. The van der Waals surface area contributed by atoms with Crippen molar-refractivity contribution in [3.63, 3.8) is 0 Å². The third-order valence-corrected chi connectivity index (χ3v) is 6.25. The predicted molar refractivity (Wildman–Crippen MR) is 81.5 cm³/mol. The van der Waals surface area contributed by atoms with Gasteiger partial charge in [0.05, 0.1) is 4.34 Å². The lowest BCUT2D eigenvalue weighted by Gasteiger charge is -2.33. The first kappa shape index (κ1) is 13.9. The highest BCUT2D eigenvalue weighted by Crippen LogP contribution is 2.38. The Labute approximate surface area is 122 Å². The summed E-state index contributed by atoms with van der Waals surface area (Å²) in [5.41, 5.74) is 0. The van der Waals surface area contributed by atoms with Gasteiger partial charge < -0.3 is 0 Å². The van der Waals surface area contributed by atoms with E-state index in [1.54, 1.807) is 11.3 Å². The number of rotatable bonds is 4. The largest absolute Gasteiger partial charge is 0.128 e. The lowest BCUT2D eigenvalue weighted by Crippen LogP contribution is -2.26. The van der Waals surface area contributed by atoms with Crippen LogP contribution >= 0.6 is 38.9 Å². The minimum atomic E-state index is 0.705. The minimum Gasteiger partial charge on any atom is -0.128 e. The van der Waals surface area contributed by atoms with Crippen LogP contribution in [0, 0.1) is 11.8 Å². The zero-order valence-electron chi connectivity index (χ0n) is 10.3. The molecule has 1 aliphatic carbocycles. The molecule has 1 aromatic heterocycles. The highest BCUT2D eigenvalue weighted by atomic mass is 79.9. The van der Waals surface area contributed by atoms with Crippen LogP contribution in [0.2, 0.25) is 4.34 Å². The van der Waals surface area contributed by atoms with Gasteiger partial charge in [-0.2, -0.15) is 0 Å². The summed E-state index contributed by atoms with van der Waals surface area (Å²) in [6.07, 6.45) is 8.07. The molecule has 0 nitrogen and oxygen atoms in total. The summed E-state index contributed by atoms with van der Waals surface area (Å²) in [6.45, 7) is 2.30. The van der Waals surface area contributed by atoms with E-state index in [4.69, 9.17) is 11.6 Å². The summed E-state index contributed by atoms with van der Waals surface area (Å²) in [5.74, 6) is 1.75. The SMILES string of the molecule is CCCC1CCC(Br)C(Cc2ccc(Cl)s2)C1. The maximum atomic E-state index is 6.00. The van der Waals surface area contributed by atoms with Crippen molar-refractivity contribution in [3.8, 4) is 0 Å². The van der Waals surface area contributed by atoms with Gasteiger partial charge in [0.2, 0.25) is 0 Å². The van der Waals surface area contributed by atoms with Gasteiger partial charge in [0.1, 0.15) is 0 Å². The second kappa shape index (κ2) is 6.58. The van der Waals surface area contributed by atoms with E-state index in [-0.39, 0.29) is 0 Å². The Morgan fingerprint density at radius 2 is 2.24 bits per heavy atom. The second-order valence-corrected chi connectivity index (χ2v) is 8.13. The highest BCUT2D eigenvalue weighted by molar-refractivity contribution is 9.09. The normalized spacial score (nSPS) is 29.5. The standard InChI is InChI=1S/C14H20BrClS/c1-2-3-10-4-6-13(15)11(8-10)9-12-5-7-14(16)17-12/h5,7,10-11,13H,2-4,6,8-9H2,1H3. The molecule has 1 fully saturated rings. The van der Waals surface area contributed by atoms with Crippen molar-refractivity contribution in [2.45, 2.75) is 50.3 Å². The van der Waals surface area contributed by atoms with E-state index < -0.39 is 0 Å². The Balaban J connectivity index is 1.93. The molecule has 0 bridgehead atoms. The van der Waals surface area contributed by atoms with E-state index in [2.05, 4.69) is 28.9 Å². The summed E-state index contributed by atoms with van der Waals surface area (Å²) in [6, 6.07) is 4.22. The fraction of sp³-hybridized carbons (Fsp3) is 0.714. The first-order valence-corrected chi connectivity index (χ1v) is 8.68. The van der Waals surface area contributed by atoms with Crippen molar-refractivity contribution >= 4 is 38.9 Å². The molecule has 1 aromatic rings. The number of thiophene rings is 1. The molecule has 3 heteroatoms. The number of alkyl halides is 1. The van der Waals surface area contributed by atoms with Crippen LogP contribution in [0.4, 0.5) is 0 Å². The van der Waals surface area contributed by atoms with Crippen molar-refractivity contribution in [1.29, 1.82) is 0 Å². The van der Waals surface area contributed by atoms with Gasteiger partial charge in [0.15, 0.2) is 0 Å². The lowest BCUT2D eigenvalue weighted by atomic mass is 9.78. The molecular formula is C14H20BrClS. The number of halogens is 2. The molecule has 17 heavy (non-hydrogen) atoms. The summed E-state index contributed by atoms with van der Waals surface area (Å²) >= 11 is 11.6. The molecule has 1 aliphatic rings. The monoisotopic (exact) mass is 334 g/mol. The van der Waals surface area contributed by atoms with Crippen LogP contribution in [0.15, 0.2) is 12.1 Å². The highest BCUT2D eigenvalue weighted by Gasteiger charge is 2.28. The molecule has 0 aliphatic heterocycles. The van der Waals surface area contributed by atoms with E-state index in [1.807, 2.05) is 6.07 Å². The Morgan fingerprint density at radius 1 is 1.41 bits per heavy atom. The molecule has 1 heterocycles. The van der Waals surface area contributed by atoms with Crippen LogP contribution in [0.5, 0.6) is 0 Å². The van der Waals surface area contributed by atoms with Gasteiger partial charge in [-0.3, -0.25) is 0 Å². The summed E-state index contributed by atoms with van der Waals surface area (Å²) < 4.78 is 0.923. The van der Waals surface area contributed by atoms with Crippen molar-refractivity contribution in [1.82, 2.24) is 0 Å². The van der Waals surface area contributed by atoms with Crippen LogP contribution in [-0.4, -0.2) is 4.83 Å². The molecule has 0 radical (unpaired) electrons. The van der Waals surface area contributed by atoms with Crippen molar-refractivity contribution in [3.05, 3.63) is 21.3 Å². The lowest BCUT2D eigenvalue weighted by molar-refractivity contribution is 0.264. The topological polar surface area (TPSA) is 0 Å². The smallest absolute Gasteiger partial charge is 0.0931 e. The van der Waals surface area contributed by atoms with Gasteiger partial charge in [-0.05, 0) is 49.7 Å². The predicted octanol–water partition coefficient (Wildman–Crippen LogP) is 5.92. The van der Waals surface area contributed by atoms with E-state index >= 15 is 0 Å². The maximum Gasteiger partial charge on any atom is 0.0931 e. The second-order valence-electron chi connectivity index (χ2n) is 5.15. The summed E-state index contributed by atoms with van der Waals surface area (Å²) in [5, 5.41) is 0. The quantitative estimate of drug-likeness (QED) is 0.599. The van der Waals surface area contributed by atoms with Gasteiger partial charge in [-0.25, -0.2) is 0 Å². The molecule has 0 amide bonds. The molecule has 3 atom stereocenters. The summed E-state index contributed by atoms with van der Waals surface area (Å²) in [4.78, 5) is 2.15. The van der Waals surface area contributed by atoms with Crippen molar-refractivity contribution < 1.29 is 0 Å². The van der Waals surface area contributed by atoms with Crippen LogP contribution < -0.4 is 0 Å². The Kier molecular flexibility index (Phi) is 5.38. The average molecular weight is 336 g/mol. The maximum absolute atomic E-state index is 6.00. The van der Waals surface area contributed by atoms with E-state index in [1.165, 1.54) is 43.4 Å². The van der Waals surface area contributed by atoms with Crippen LogP contribution in [-0.2, 0) is 6.42 Å². The van der Waals surface area contributed by atoms with E-state index in [0.29, 0.717) is 4.83 Å². The van der Waals surface area contributed by atoms with Gasteiger partial charge in [-0.1, -0.05) is 47.3 Å². The van der Waals surface area contributed by atoms with Crippen LogP contribution in [0.1, 0.15) is 43.9 Å². The van der Waals surface area contributed by atoms with Crippen LogP contribution in [0.25, 0.3) is 0 Å². The Morgan fingerprint density at radius 3 is 2.88 bits per heavy atom. The van der Waals surface area contributed by atoms with Gasteiger partial charge in [-0.15, -0.1) is 11.3 Å². The first-order chi connectivity index (χ1) is 8.19. The third kappa shape index (κ3) is 3.97. The molecule has 1 saturated carbocycles. The first-order valence-electron chi connectivity index (χ1n) is 6.57. The molecular weight excluding hydrogens is 316 g/mol. The molecule has 96 valence electrons. The van der Waals surface area contributed by atoms with Gasteiger partial charge in [0, 0.05) is 9.70 Å². The Hall–Kier alpha value is 0.470. The third-order valence-electron chi connectivity index (χ3n) is 3.79. The zero-order chi connectivity index (χ0) is 12.3. The van der Waals surface area contributed by atoms with Gasteiger partial charge in [0.25, 0.3) is 0 Å². The molecule has 0 spiro atoms. The fourth-order valence-electron chi connectivity index (χ4n) is 2.93. The fourth-order valence-corrected chi connectivity index (χ4v) is 4.77. The molecule has 3 unspecified atom stereocenters. The molecule has 0 saturated heterocycles.